The summed E-state index contributed by atoms with van der Waals surface area (Å²) in [5.74, 6) is 0.363. The number of carbonyl (C=O) groups is 2. The van der Waals surface area contributed by atoms with Crippen LogP contribution in [0.1, 0.15) is 29.8 Å². The predicted molar refractivity (Wildman–Crippen MR) is 102 cm³/mol. The standard InChI is InChI=1S/C19H21BrN2O4/c1-3-13-5-10-17(16(20)11-13)26-12-18(23)21-22-19(24)14-6-8-15(9-7-14)25-4-2/h5-11H,3-4,12H2,1-2H3,(H,21,23)(H,22,24). The molecule has 2 amide bonds. The van der Waals surface area contributed by atoms with Gasteiger partial charge in [-0.2, -0.15) is 0 Å². The van der Waals surface area contributed by atoms with Gasteiger partial charge in [0.2, 0.25) is 0 Å². The molecule has 0 aliphatic rings. The molecule has 0 aromatic heterocycles. The minimum atomic E-state index is -0.462. The molecule has 0 saturated carbocycles. The zero-order valence-electron chi connectivity index (χ0n) is 14.7. The molecule has 0 heterocycles. The minimum absolute atomic E-state index is 0.215. The smallest absolute Gasteiger partial charge is 0.276 e. The number of amides is 2. The zero-order chi connectivity index (χ0) is 18.9. The lowest BCUT2D eigenvalue weighted by Crippen LogP contribution is -2.43. The summed E-state index contributed by atoms with van der Waals surface area (Å²) < 4.78 is 11.5. The molecule has 0 unspecified atom stereocenters. The third-order valence-electron chi connectivity index (χ3n) is 3.51. The zero-order valence-corrected chi connectivity index (χ0v) is 16.3. The van der Waals surface area contributed by atoms with Gasteiger partial charge in [0, 0.05) is 5.56 Å². The Morgan fingerprint density at radius 1 is 1.00 bits per heavy atom. The predicted octanol–water partition coefficient (Wildman–Crippen LogP) is 3.25. The minimum Gasteiger partial charge on any atom is -0.494 e. The molecule has 0 aliphatic heterocycles. The van der Waals surface area contributed by atoms with E-state index in [-0.39, 0.29) is 6.61 Å². The number of ether oxygens (including phenoxy) is 2. The number of aryl methyl sites for hydroxylation is 1. The van der Waals surface area contributed by atoms with Gasteiger partial charge in [-0.15, -0.1) is 0 Å². The summed E-state index contributed by atoms with van der Waals surface area (Å²) in [6.07, 6.45) is 0.914. The first-order valence-corrected chi connectivity index (χ1v) is 9.06. The molecular formula is C19H21BrN2O4. The van der Waals surface area contributed by atoms with Crippen LogP contribution in [0, 0.1) is 0 Å². The van der Waals surface area contributed by atoms with Gasteiger partial charge in [-0.25, -0.2) is 0 Å². The van der Waals surface area contributed by atoms with E-state index in [1.54, 1.807) is 30.3 Å². The first-order chi connectivity index (χ1) is 12.5. The highest BCUT2D eigenvalue weighted by Crippen LogP contribution is 2.26. The summed E-state index contributed by atoms with van der Waals surface area (Å²) in [7, 11) is 0. The number of hydrogen-bond donors (Lipinski definition) is 2. The van der Waals surface area contributed by atoms with Crippen molar-refractivity contribution in [2.45, 2.75) is 20.3 Å². The Morgan fingerprint density at radius 3 is 2.35 bits per heavy atom. The van der Waals surface area contributed by atoms with Crippen molar-refractivity contribution in [3.63, 3.8) is 0 Å². The number of hydrazine groups is 1. The number of halogens is 1. The van der Waals surface area contributed by atoms with Gasteiger partial charge in [-0.1, -0.05) is 13.0 Å². The first-order valence-electron chi connectivity index (χ1n) is 8.26. The van der Waals surface area contributed by atoms with Crippen LogP contribution in [0.25, 0.3) is 0 Å². The van der Waals surface area contributed by atoms with Crippen molar-refractivity contribution in [3.8, 4) is 11.5 Å². The molecular weight excluding hydrogens is 400 g/mol. The number of benzene rings is 2. The van der Waals surface area contributed by atoms with Gasteiger partial charge in [0.1, 0.15) is 11.5 Å². The van der Waals surface area contributed by atoms with E-state index >= 15 is 0 Å². The van der Waals surface area contributed by atoms with Crippen molar-refractivity contribution < 1.29 is 19.1 Å². The maximum absolute atomic E-state index is 12.0. The van der Waals surface area contributed by atoms with Crippen LogP contribution in [0.2, 0.25) is 0 Å². The average molecular weight is 421 g/mol. The Bertz CT molecular complexity index is 763. The Labute approximate surface area is 161 Å². The molecule has 0 atom stereocenters. The van der Waals surface area contributed by atoms with E-state index in [0.29, 0.717) is 23.7 Å². The van der Waals surface area contributed by atoms with Crippen LogP contribution in [0.3, 0.4) is 0 Å². The number of rotatable bonds is 7. The van der Waals surface area contributed by atoms with Crippen LogP contribution < -0.4 is 20.3 Å². The van der Waals surface area contributed by atoms with Gasteiger partial charge in [-0.3, -0.25) is 20.4 Å². The number of carbonyl (C=O) groups excluding carboxylic acids is 2. The third kappa shape index (κ3) is 5.77. The highest BCUT2D eigenvalue weighted by Gasteiger charge is 2.09. The van der Waals surface area contributed by atoms with Gasteiger partial charge in [0.25, 0.3) is 11.8 Å². The number of nitrogens with one attached hydrogen (secondary N) is 2. The first kappa shape index (κ1) is 19.8. The highest BCUT2D eigenvalue weighted by atomic mass is 79.9. The summed E-state index contributed by atoms with van der Waals surface area (Å²) in [5, 5.41) is 0. The fourth-order valence-electron chi connectivity index (χ4n) is 2.13. The summed E-state index contributed by atoms with van der Waals surface area (Å²) in [6.45, 7) is 4.28. The molecule has 6 nitrogen and oxygen atoms in total. The normalized spacial score (nSPS) is 10.1. The van der Waals surface area contributed by atoms with E-state index in [2.05, 4.69) is 33.7 Å². The van der Waals surface area contributed by atoms with Crippen LogP contribution in [-0.2, 0) is 11.2 Å². The molecule has 0 aliphatic carbocycles. The van der Waals surface area contributed by atoms with Gasteiger partial charge < -0.3 is 9.47 Å². The van der Waals surface area contributed by atoms with Gasteiger partial charge in [-0.05, 0) is 71.2 Å². The molecule has 0 bridgehead atoms. The van der Waals surface area contributed by atoms with Crippen LogP contribution in [0.15, 0.2) is 46.9 Å². The molecule has 2 aromatic rings. The van der Waals surface area contributed by atoms with E-state index in [1.165, 1.54) is 0 Å². The molecule has 0 fully saturated rings. The van der Waals surface area contributed by atoms with Gasteiger partial charge in [0.05, 0.1) is 11.1 Å². The van der Waals surface area contributed by atoms with Crippen LogP contribution >= 0.6 is 15.9 Å². The summed E-state index contributed by atoms with van der Waals surface area (Å²) in [4.78, 5) is 23.8. The molecule has 2 rings (SSSR count). The second-order valence-corrected chi connectivity index (χ2v) is 6.22. The largest absolute Gasteiger partial charge is 0.494 e. The quantitative estimate of drug-likeness (QED) is 0.673. The number of hydrogen-bond acceptors (Lipinski definition) is 4. The molecule has 2 aromatic carbocycles. The SMILES string of the molecule is CCOc1ccc(C(=O)NNC(=O)COc2ccc(CC)cc2Br)cc1. The van der Waals surface area contributed by atoms with Crippen molar-refractivity contribution in [1.29, 1.82) is 0 Å². The maximum atomic E-state index is 12.0. The van der Waals surface area contributed by atoms with Gasteiger partial charge in [0.15, 0.2) is 6.61 Å². The van der Waals surface area contributed by atoms with E-state index < -0.39 is 11.8 Å². The lowest BCUT2D eigenvalue weighted by atomic mass is 10.2. The molecule has 0 radical (unpaired) electrons. The van der Waals surface area contributed by atoms with E-state index in [4.69, 9.17) is 9.47 Å². The van der Waals surface area contributed by atoms with Crippen LogP contribution in [-0.4, -0.2) is 25.0 Å². The Balaban J connectivity index is 1.80. The lowest BCUT2D eigenvalue weighted by Gasteiger charge is -2.11. The Morgan fingerprint density at radius 2 is 1.73 bits per heavy atom. The monoisotopic (exact) mass is 420 g/mol. The molecule has 0 spiro atoms. The Hall–Kier alpha value is -2.54. The molecule has 26 heavy (non-hydrogen) atoms. The van der Waals surface area contributed by atoms with Crippen molar-refractivity contribution >= 4 is 27.7 Å². The Kier molecular flexibility index (Phi) is 7.47. The van der Waals surface area contributed by atoms with Crippen LogP contribution in [0.5, 0.6) is 11.5 Å². The van der Waals surface area contributed by atoms with Crippen molar-refractivity contribution in [3.05, 3.63) is 58.1 Å². The molecule has 2 N–H and O–H groups in total. The van der Waals surface area contributed by atoms with Crippen LogP contribution in [0.4, 0.5) is 0 Å². The maximum Gasteiger partial charge on any atom is 0.276 e. The summed E-state index contributed by atoms with van der Waals surface area (Å²) in [6, 6.07) is 12.3. The molecule has 7 heteroatoms. The lowest BCUT2D eigenvalue weighted by molar-refractivity contribution is -0.123. The fraction of sp³-hybridized carbons (Fsp3) is 0.263. The van der Waals surface area contributed by atoms with Gasteiger partial charge >= 0.3 is 0 Å². The fourth-order valence-corrected chi connectivity index (χ4v) is 2.67. The van der Waals surface area contributed by atoms with Crippen molar-refractivity contribution in [2.75, 3.05) is 13.2 Å². The third-order valence-corrected chi connectivity index (χ3v) is 4.13. The summed E-state index contributed by atoms with van der Waals surface area (Å²) >= 11 is 3.41. The van der Waals surface area contributed by atoms with E-state index in [9.17, 15) is 9.59 Å². The molecule has 0 saturated heterocycles. The van der Waals surface area contributed by atoms with E-state index in [0.717, 1.165) is 16.5 Å². The average Bonchev–Trinajstić information content (AvgIpc) is 2.65. The summed E-state index contributed by atoms with van der Waals surface area (Å²) in [5.41, 5.74) is 6.24. The van der Waals surface area contributed by atoms with E-state index in [1.807, 2.05) is 19.1 Å². The second-order valence-electron chi connectivity index (χ2n) is 5.37. The topological polar surface area (TPSA) is 76.7 Å². The highest BCUT2D eigenvalue weighted by molar-refractivity contribution is 9.10. The van der Waals surface area contributed by atoms with Crippen molar-refractivity contribution in [2.24, 2.45) is 0 Å². The molecule has 138 valence electrons. The van der Waals surface area contributed by atoms with Crippen molar-refractivity contribution in [1.82, 2.24) is 10.9 Å². The second kappa shape index (κ2) is 9.82.